The zero-order valence-electron chi connectivity index (χ0n) is 11.1. The predicted molar refractivity (Wildman–Crippen MR) is 73.2 cm³/mol. The van der Waals surface area contributed by atoms with E-state index in [0.29, 0.717) is 0 Å². The summed E-state index contributed by atoms with van der Waals surface area (Å²) in [5.74, 6) is 2.60. The van der Waals surface area contributed by atoms with Crippen molar-refractivity contribution in [3.8, 4) is 0 Å². The molecule has 0 aromatic carbocycles. The Labute approximate surface area is 107 Å². The Morgan fingerprint density at radius 2 is 2.06 bits per heavy atom. The van der Waals surface area contributed by atoms with E-state index in [1.165, 1.54) is 58.2 Å². The van der Waals surface area contributed by atoms with Crippen molar-refractivity contribution in [2.75, 3.05) is 25.5 Å². The number of halogens is 1. The van der Waals surface area contributed by atoms with Crippen LogP contribution in [0.2, 0.25) is 0 Å². The van der Waals surface area contributed by atoms with Crippen molar-refractivity contribution in [3.63, 3.8) is 0 Å². The van der Waals surface area contributed by atoms with Gasteiger partial charge in [0.2, 0.25) is 0 Å². The van der Waals surface area contributed by atoms with E-state index >= 15 is 0 Å². The fourth-order valence-electron chi connectivity index (χ4n) is 2.59. The van der Waals surface area contributed by atoms with Crippen LogP contribution in [-0.2, 0) is 0 Å². The highest BCUT2D eigenvalue weighted by Gasteiger charge is 2.15. The molecule has 0 saturated carbocycles. The summed E-state index contributed by atoms with van der Waals surface area (Å²) in [5.41, 5.74) is 0. The molecule has 0 aromatic rings. The van der Waals surface area contributed by atoms with Gasteiger partial charge in [-0.3, -0.25) is 0 Å². The Balaban J connectivity index is 2.17. The van der Waals surface area contributed by atoms with Crippen LogP contribution in [0.3, 0.4) is 0 Å². The SMILES string of the molecule is CCC1CCCN(CCC(C)CCCl)CC1. The molecule has 0 aromatic heterocycles. The fourth-order valence-corrected chi connectivity index (χ4v) is 2.96. The summed E-state index contributed by atoms with van der Waals surface area (Å²) >= 11 is 5.77. The van der Waals surface area contributed by atoms with Crippen LogP contribution < -0.4 is 0 Å². The van der Waals surface area contributed by atoms with Gasteiger partial charge >= 0.3 is 0 Å². The molecule has 1 rings (SSSR count). The van der Waals surface area contributed by atoms with E-state index in [4.69, 9.17) is 11.6 Å². The predicted octanol–water partition coefficient (Wildman–Crippen LogP) is 4.15. The lowest BCUT2D eigenvalue weighted by Gasteiger charge is -2.21. The Bertz CT molecular complexity index is 172. The van der Waals surface area contributed by atoms with Gasteiger partial charge in [-0.15, -0.1) is 11.6 Å². The molecule has 1 aliphatic rings. The molecule has 2 atom stereocenters. The fraction of sp³-hybridized carbons (Fsp3) is 1.00. The van der Waals surface area contributed by atoms with Crippen LogP contribution in [-0.4, -0.2) is 30.4 Å². The Morgan fingerprint density at radius 1 is 1.25 bits per heavy atom. The van der Waals surface area contributed by atoms with Crippen molar-refractivity contribution in [2.24, 2.45) is 11.8 Å². The summed E-state index contributed by atoms with van der Waals surface area (Å²) in [6, 6.07) is 0. The smallest absolute Gasteiger partial charge is 0.0225 e. The third-order valence-electron chi connectivity index (χ3n) is 4.06. The van der Waals surface area contributed by atoms with Crippen LogP contribution in [0, 0.1) is 11.8 Å². The first kappa shape index (κ1) is 14.3. The summed E-state index contributed by atoms with van der Waals surface area (Å²) in [5, 5.41) is 0. The van der Waals surface area contributed by atoms with E-state index in [0.717, 1.165) is 17.7 Å². The van der Waals surface area contributed by atoms with Gasteiger partial charge < -0.3 is 4.90 Å². The van der Waals surface area contributed by atoms with E-state index in [2.05, 4.69) is 18.7 Å². The first-order chi connectivity index (χ1) is 7.76. The third kappa shape index (κ3) is 5.54. The maximum atomic E-state index is 5.77. The molecule has 0 spiro atoms. The second-order valence-corrected chi connectivity index (χ2v) is 5.80. The van der Waals surface area contributed by atoms with Gasteiger partial charge in [0.05, 0.1) is 0 Å². The number of alkyl halides is 1. The van der Waals surface area contributed by atoms with E-state index in [1.807, 2.05) is 0 Å². The quantitative estimate of drug-likeness (QED) is 0.636. The molecule has 1 aliphatic heterocycles. The van der Waals surface area contributed by atoms with Gasteiger partial charge in [0.15, 0.2) is 0 Å². The molecule has 1 saturated heterocycles. The van der Waals surface area contributed by atoms with Crippen molar-refractivity contribution < 1.29 is 0 Å². The van der Waals surface area contributed by atoms with Crippen molar-refractivity contribution in [1.82, 2.24) is 4.90 Å². The monoisotopic (exact) mass is 245 g/mol. The Morgan fingerprint density at radius 3 is 2.75 bits per heavy atom. The molecule has 0 aliphatic carbocycles. The minimum Gasteiger partial charge on any atom is -0.303 e. The molecule has 16 heavy (non-hydrogen) atoms. The number of rotatable bonds is 6. The van der Waals surface area contributed by atoms with Gasteiger partial charge in [0.25, 0.3) is 0 Å². The zero-order valence-corrected chi connectivity index (χ0v) is 11.8. The lowest BCUT2D eigenvalue weighted by molar-refractivity contribution is 0.259. The molecular weight excluding hydrogens is 218 g/mol. The van der Waals surface area contributed by atoms with E-state index in [1.54, 1.807) is 0 Å². The van der Waals surface area contributed by atoms with Gasteiger partial charge in [-0.25, -0.2) is 0 Å². The van der Waals surface area contributed by atoms with Gasteiger partial charge in [0, 0.05) is 5.88 Å². The molecule has 2 heteroatoms. The third-order valence-corrected chi connectivity index (χ3v) is 4.28. The van der Waals surface area contributed by atoms with Crippen LogP contribution in [0.15, 0.2) is 0 Å². The molecule has 96 valence electrons. The maximum Gasteiger partial charge on any atom is 0.0225 e. The van der Waals surface area contributed by atoms with Crippen LogP contribution in [0.25, 0.3) is 0 Å². The van der Waals surface area contributed by atoms with Gasteiger partial charge in [-0.05, 0) is 63.6 Å². The summed E-state index contributed by atoms with van der Waals surface area (Å²) in [6.45, 7) is 8.60. The topological polar surface area (TPSA) is 3.24 Å². The highest BCUT2D eigenvalue weighted by molar-refractivity contribution is 6.17. The van der Waals surface area contributed by atoms with Crippen molar-refractivity contribution in [1.29, 1.82) is 0 Å². The number of hydrogen-bond donors (Lipinski definition) is 0. The molecule has 2 unspecified atom stereocenters. The standard InChI is InChI=1S/C14H28ClN/c1-3-14-5-4-10-16(12-8-14)11-7-13(2)6-9-15/h13-14H,3-12H2,1-2H3. The van der Waals surface area contributed by atoms with E-state index in [9.17, 15) is 0 Å². The zero-order chi connectivity index (χ0) is 11.8. The minimum absolute atomic E-state index is 0.794. The van der Waals surface area contributed by atoms with Gasteiger partial charge in [0.1, 0.15) is 0 Å². The number of likely N-dealkylation sites (tertiary alicyclic amines) is 1. The molecule has 0 radical (unpaired) electrons. The Hall–Kier alpha value is 0.250. The largest absolute Gasteiger partial charge is 0.303 e. The molecule has 1 nitrogen and oxygen atoms in total. The summed E-state index contributed by atoms with van der Waals surface area (Å²) in [6.07, 6.45) is 8.14. The average molecular weight is 246 g/mol. The summed E-state index contributed by atoms with van der Waals surface area (Å²) in [4.78, 5) is 2.67. The van der Waals surface area contributed by atoms with Gasteiger partial charge in [-0.2, -0.15) is 0 Å². The molecule has 1 fully saturated rings. The second-order valence-electron chi connectivity index (χ2n) is 5.42. The molecule has 1 heterocycles. The van der Waals surface area contributed by atoms with Crippen molar-refractivity contribution >= 4 is 11.6 Å². The lowest BCUT2D eigenvalue weighted by atomic mass is 9.98. The average Bonchev–Trinajstić information content (AvgIpc) is 2.51. The number of hydrogen-bond acceptors (Lipinski definition) is 1. The first-order valence-corrected chi connectivity index (χ1v) is 7.58. The van der Waals surface area contributed by atoms with Crippen LogP contribution >= 0.6 is 11.6 Å². The first-order valence-electron chi connectivity index (χ1n) is 7.04. The Kier molecular flexibility index (Phi) is 7.47. The van der Waals surface area contributed by atoms with Gasteiger partial charge in [-0.1, -0.05) is 20.3 Å². The molecule has 0 bridgehead atoms. The minimum atomic E-state index is 0.794. The van der Waals surface area contributed by atoms with E-state index < -0.39 is 0 Å². The second kappa shape index (κ2) is 8.36. The van der Waals surface area contributed by atoms with Crippen LogP contribution in [0.1, 0.15) is 52.4 Å². The van der Waals surface area contributed by atoms with E-state index in [-0.39, 0.29) is 0 Å². The normalized spacial score (nSPS) is 25.3. The lowest BCUT2D eigenvalue weighted by Crippen LogP contribution is -2.27. The highest BCUT2D eigenvalue weighted by atomic mass is 35.5. The van der Waals surface area contributed by atoms with Crippen molar-refractivity contribution in [2.45, 2.75) is 52.4 Å². The molecular formula is C14H28ClN. The van der Waals surface area contributed by atoms with Crippen LogP contribution in [0.5, 0.6) is 0 Å². The number of nitrogens with zero attached hydrogens (tertiary/aromatic N) is 1. The molecule has 0 N–H and O–H groups in total. The van der Waals surface area contributed by atoms with Crippen molar-refractivity contribution in [3.05, 3.63) is 0 Å². The summed E-state index contributed by atoms with van der Waals surface area (Å²) in [7, 11) is 0. The summed E-state index contributed by atoms with van der Waals surface area (Å²) < 4.78 is 0. The maximum absolute atomic E-state index is 5.77. The highest BCUT2D eigenvalue weighted by Crippen LogP contribution is 2.21. The molecule has 0 amide bonds. The van der Waals surface area contributed by atoms with Crippen LogP contribution in [0.4, 0.5) is 0 Å².